The first kappa shape index (κ1) is 15.4. The fraction of sp³-hybridized carbons (Fsp3) is 0.417. The monoisotopic (exact) mass is 336 g/mol. The van der Waals surface area contributed by atoms with Gasteiger partial charge < -0.3 is 10.6 Å². The number of piperidine rings is 1. The van der Waals surface area contributed by atoms with E-state index in [1.165, 1.54) is 12.1 Å². The molecular weight excluding hydrogens is 322 g/mol. The molecule has 1 fully saturated rings. The molecule has 1 saturated heterocycles. The Hall–Kier alpha value is -0.650. The summed E-state index contributed by atoms with van der Waals surface area (Å²) in [6.07, 6.45) is 1.97. The number of carbonyl (C=O) groups excluding carboxylic acids is 1. The van der Waals surface area contributed by atoms with Gasteiger partial charge in [0.2, 0.25) is 0 Å². The molecule has 18 heavy (non-hydrogen) atoms. The summed E-state index contributed by atoms with van der Waals surface area (Å²) < 4.78 is 14.2. The molecule has 3 nitrogen and oxygen atoms in total. The molecule has 6 heteroatoms. The van der Waals surface area contributed by atoms with Crippen LogP contribution in [0.3, 0.4) is 0 Å². The molecule has 0 bridgehead atoms. The van der Waals surface area contributed by atoms with Gasteiger partial charge in [-0.2, -0.15) is 0 Å². The third-order valence-corrected chi connectivity index (χ3v) is 3.30. The van der Waals surface area contributed by atoms with Crippen molar-refractivity contribution in [2.24, 2.45) is 0 Å². The fourth-order valence-corrected chi connectivity index (χ4v) is 2.27. The molecule has 1 amide bonds. The maximum atomic E-state index is 13.5. The number of hydrogen-bond acceptors (Lipinski definition) is 2. The lowest BCUT2D eigenvalue weighted by molar-refractivity contribution is 0.0926. The highest BCUT2D eigenvalue weighted by Crippen LogP contribution is 2.16. The molecular formula is C12H15BrClFN2O. The second-order valence-electron chi connectivity index (χ2n) is 4.14. The number of halogens is 3. The van der Waals surface area contributed by atoms with Gasteiger partial charge in [0.05, 0.1) is 5.56 Å². The van der Waals surface area contributed by atoms with E-state index in [0.29, 0.717) is 4.47 Å². The Morgan fingerprint density at radius 1 is 1.50 bits per heavy atom. The van der Waals surface area contributed by atoms with Crippen molar-refractivity contribution in [2.75, 3.05) is 13.1 Å². The van der Waals surface area contributed by atoms with Gasteiger partial charge in [-0.25, -0.2) is 4.39 Å². The maximum absolute atomic E-state index is 13.5. The second-order valence-corrected chi connectivity index (χ2v) is 5.06. The molecule has 1 aromatic carbocycles. The largest absolute Gasteiger partial charge is 0.348 e. The Kier molecular flexibility index (Phi) is 6.05. The van der Waals surface area contributed by atoms with Crippen molar-refractivity contribution in [3.05, 3.63) is 34.1 Å². The molecule has 1 atom stereocenters. The summed E-state index contributed by atoms with van der Waals surface area (Å²) >= 11 is 3.23. The van der Waals surface area contributed by atoms with Crippen LogP contribution in [0.5, 0.6) is 0 Å². The minimum Gasteiger partial charge on any atom is -0.348 e. The average Bonchev–Trinajstić information content (AvgIpc) is 2.33. The number of amides is 1. The van der Waals surface area contributed by atoms with Crippen LogP contribution in [0.1, 0.15) is 23.2 Å². The smallest absolute Gasteiger partial charge is 0.254 e. The Labute approximate surface area is 120 Å². The van der Waals surface area contributed by atoms with E-state index in [0.717, 1.165) is 25.9 Å². The first-order valence-electron chi connectivity index (χ1n) is 5.63. The maximum Gasteiger partial charge on any atom is 0.254 e. The lowest BCUT2D eigenvalue weighted by Gasteiger charge is -2.23. The van der Waals surface area contributed by atoms with Gasteiger partial charge in [0.1, 0.15) is 5.82 Å². The van der Waals surface area contributed by atoms with Crippen molar-refractivity contribution >= 4 is 34.2 Å². The normalized spacial score (nSPS) is 18.9. The number of benzene rings is 1. The summed E-state index contributed by atoms with van der Waals surface area (Å²) in [6.45, 7) is 1.74. The zero-order valence-corrected chi connectivity index (χ0v) is 12.1. The van der Waals surface area contributed by atoms with Crippen LogP contribution in [0.15, 0.2) is 22.7 Å². The zero-order chi connectivity index (χ0) is 12.3. The first-order chi connectivity index (χ1) is 8.16. The van der Waals surface area contributed by atoms with Crippen molar-refractivity contribution < 1.29 is 9.18 Å². The van der Waals surface area contributed by atoms with Crippen molar-refractivity contribution in [1.29, 1.82) is 0 Å². The summed E-state index contributed by atoms with van der Waals surface area (Å²) in [4.78, 5) is 11.9. The average molecular weight is 338 g/mol. The minimum absolute atomic E-state index is 0. The lowest BCUT2D eigenvalue weighted by Crippen LogP contribution is -2.45. The Morgan fingerprint density at radius 2 is 2.28 bits per heavy atom. The number of carbonyl (C=O) groups is 1. The zero-order valence-electron chi connectivity index (χ0n) is 9.71. The number of hydrogen-bond donors (Lipinski definition) is 2. The Bertz CT molecular complexity index is 425. The molecule has 0 spiro atoms. The van der Waals surface area contributed by atoms with Crippen LogP contribution >= 0.6 is 28.3 Å². The van der Waals surface area contributed by atoms with Crippen LogP contribution in [-0.2, 0) is 0 Å². The van der Waals surface area contributed by atoms with Gasteiger partial charge in [-0.15, -0.1) is 12.4 Å². The van der Waals surface area contributed by atoms with Gasteiger partial charge in [0, 0.05) is 17.1 Å². The predicted molar refractivity (Wildman–Crippen MR) is 74.7 cm³/mol. The topological polar surface area (TPSA) is 41.1 Å². The fourth-order valence-electron chi connectivity index (χ4n) is 1.91. The Balaban J connectivity index is 0.00000162. The third kappa shape index (κ3) is 3.93. The van der Waals surface area contributed by atoms with E-state index in [9.17, 15) is 9.18 Å². The van der Waals surface area contributed by atoms with Crippen molar-refractivity contribution in [3.8, 4) is 0 Å². The summed E-state index contributed by atoms with van der Waals surface area (Å²) in [7, 11) is 0. The molecule has 1 aliphatic rings. The van der Waals surface area contributed by atoms with Crippen LogP contribution in [0.2, 0.25) is 0 Å². The molecule has 0 saturated carbocycles. The summed E-state index contributed by atoms with van der Waals surface area (Å²) in [5.41, 5.74) is 0.0879. The van der Waals surface area contributed by atoms with E-state index in [2.05, 4.69) is 26.6 Å². The van der Waals surface area contributed by atoms with E-state index < -0.39 is 5.82 Å². The summed E-state index contributed by atoms with van der Waals surface area (Å²) in [5, 5.41) is 6.04. The predicted octanol–water partition coefficient (Wildman–Crippen LogP) is 2.49. The van der Waals surface area contributed by atoms with E-state index in [4.69, 9.17) is 0 Å². The highest BCUT2D eigenvalue weighted by atomic mass is 79.9. The van der Waals surface area contributed by atoms with E-state index in [1.807, 2.05) is 0 Å². The second kappa shape index (κ2) is 7.07. The van der Waals surface area contributed by atoms with Gasteiger partial charge in [-0.05, 0) is 37.6 Å². The van der Waals surface area contributed by atoms with E-state index in [1.54, 1.807) is 6.07 Å². The molecule has 0 aromatic heterocycles. The molecule has 0 unspecified atom stereocenters. The van der Waals surface area contributed by atoms with E-state index in [-0.39, 0.29) is 29.9 Å². The van der Waals surface area contributed by atoms with Gasteiger partial charge in [0.15, 0.2) is 0 Å². The van der Waals surface area contributed by atoms with Gasteiger partial charge in [-0.3, -0.25) is 4.79 Å². The van der Waals surface area contributed by atoms with Gasteiger partial charge >= 0.3 is 0 Å². The standard InChI is InChI=1S/C12H14BrFN2O.ClH/c13-8-3-4-11(14)10(6-8)12(17)16-9-2-1-5-15-7-9;/h3-4,6,9,15H,1-2,5,7H2,(H,16,17);1H/t9-;/m0./s1. The molecule has 0 radical (unpaired) electrons. The molecule has 2 N–H and O–H groups in total. The minimum atomic E-state index is -0.491. The highest BCUT2D eigenvalue weighted by molar-refractivity contribution is 9.10. The van der Waals surface area contributed by atoms with Crippen molar-refractivity contribution in [1.82, 2.24) is 10.6 Å². The summed E-state index contributed by atoms with van der Waals surface area (Å²) in [5.74, 6) is -0.841. The van der Waals surface area contributed by atoms with Gasteiger partial charge in [-0.1, -0.05) is 15.9 Å². The molecule has 1 aromatic rings. The van der Waals surface area contributed by atoms with Crippen LogP contribution in [0.4, 0.5) is 4.39 Å². The SMILES string of the molecule is Cl.O=C(N[C@H]1CCCNC1)c1cc(Br)ccc1F. The number of rotatable bonds is 2. The molecule has 100 valence electrons. The molecule has 2 rings (SSSR count). The van der Waals surface area contributed by atoms with Gasteiger partial charge in [0.25, 0.3) is 5.91 Å². The number of nitrogens with one attached hydrogen (secondary N) is 2. The molecule has 0 aliphatic carbocycles. The van der Waals surface area contributed by atoms with E-state index >= 15 is 0 Å². The first-order valence-corrected chi connectivity index (χ1v) is 6.43. The van der Waals surface area contributed by atoms with Crippen LogP contribution in [0.25, 0.3) is 0 Å². The Morgan fingerprint density at radius 3 is 2.94 bits per heavy atom. The highest BCUT2D eigenvalue weighted by Gasteiger charge is 2.18. The van der Waals surface area contributed by atoms with Crippen LogP contribution in [0, 0.1) is 5.82 Å². The van der Waals surface area contributed by atoms with Crippen LogP contribution in [-0.4, -0.2) is 25.0 Å². The third-order valence-electron chi connectivity index (χ3n) is 2.81. The molecule has 1 heterocycles. The van der Waals surface area contributed by atoms with Crippen LogP contribution < -0.4 is 10.6 Å². The lowest BCUT2D eigenvalue weighted by atomic mass is 10.1. The summed E-state index contributed by atoms with van der Waals surface area (Å²) in [6, 6.07) is 4.46. The van der Waals surface area contributed by atoms with Crippen molar-refractivity contribution in [3.63, 3.8) is 0 Å². The quantitative estimate of drug-likeness (QED) is 0.870. The van der Waals surface area contributed by atoms with Crippen molar-refractivity contribution in [2.45, 2.75) is 18.9 Å². The molecule has 1 aliphatic heterocycles.